The number of benzene rings is 2. The molecule has 2 aromatic carbocycles. The van der Waals surface area contributed by atoms with E-state index in [1.807, 2.05) is 54.6 Å². The van der Waals surface area contributed by atoms with Gasteiger partial charge in [0.25, 0.3) is 0 Å². The number of nitrogens with zero attached hydrogens (tertiary/aromatic N) is 1. The van der Waals surface area contributed by atoms with Crippen molar-refractivity contribution in [3.63, 3.8) is 0 Å². The third-order valence-electron chi connectivity index (χ3n) is 6.76. The molecule has 1 aliphatic carbocycles. The Morgan fingerprint density at radius 1 is 1.06 bits per heavy atom. The van der Waals surface area contributed by atoms with Gasteiger partial charge in [0.2, 0.25) is 0 Å². The summed E-state index contributed by atoms with van der Waals surface area (Å²) in [4.78, 5) is 27.2. The molecule has 1 heterocycles. The number of methoxy groups -OCH3 is 1. The van der Waals surface area contributed by atoms with E-state index in [2.05, 4.69) is 0 Å². The summed E-state index contributed by atoms with van der Waals surface area (Å²) in [5.41, 5.74) is 0.835. The lowest BCUT2D eigenvalue weighted by Crippen LogP contribution is -2.49. The van der Waals surface area contributed by atoms with Crippen molar-refractivity contribution in [2.45, 2.75) is 51.4 Å². The summed E-state index contributed by atoms with van der Waals surface area (Å²) in [5.74, 6) is 0.887. The molecule has 6 heteroatoms. The number of Topliss-reactive ketones (excluding diaryl/α,β-unsaturated/α-hetero) is 1. The van der Waals surface area contributed by atoms with Crippen molar-refractivity contribution in [1.29, 1.82) is 0 Å². The highest BCUT2D eigenvalue weighted by atomic mass is 16.6. The Balaban J connectivity index is 1.43. The highest BCUT2D eigenvalue weighted by molar-refractivity contribution is 5.83. The van der Waals surface area contributed by atoms with Crippen LogP contribution in [0, 0.1) is 5.41 Å². The molecule has 170 valence electrons. The molecular formula is C26H31NO5. The topological polar surface area (TPSA) is 65.1 Å². The molecule has 1 aliphatic heterocycles. The van der Waals surface area contributed by atoms with E-state index < -0.39 is 11.0 Å². The van der Waals surface area contributed by atoms with Crippen LogP contribution in [0.15, 0.2) is 54.6 Å². The Hall–Kier alpha value is -2.86. The molecule has 1 unspecified atom stereocenters. The highest BCUT2D eigenvalue weighted by Gasteiger charge is 2.54. The maximum atomic E-state index is 12.8. The molecule has 6 nitrogen and oxygen atoms in total. The largest absolute Gasteiger partial charge is 0.497 e. The molecular weight excluding hydrogens is 406 g/mol. The molecule has 0 bridgehead atoms. The van der Waals surface area contributed by atoms with Crippen molar-refractivity contribution < 1.29 is 23.8 Å². The third-order valence-corrected chi connectivity index (χ3v) is 6.76. The van der Waals surface area contributed by atoms with Gasteiger partial charge in [-0.05, 0) is 49.4 Å². The van der Waals surface area contributed by atoms with E-state index in [4.69, 9.17) is 14.2 Å². The Bertz CT molecular complexity index is 944. The zero-order valence-electron chi connectivity index (χ0n) is 18.8. The lowest BCUT2D eigenvalue weighted by Gasteiger charge is -2.43. The molecule has 0 N–H and O–H groups in total. The number of carbonyl (C=O) groups excluding carboxylic acids is 2. The minimum atomic E-state index is -0.635. The second kappa shape index (κ2) is 9.33. The van der Waals surface area contributed by atoms with Gasteiger partial charge in [-0.3, -0.25) is 9.69 Å². The van der Waals surface area contributed by atoms with Gasteiger partial charge in [0, 0.05) is 13.0 Å². The lowest BCUT2D eigenvalue weighted by molar-refractivity contribution is -0.141. The van der Waals surface area contributed by atoms with Gasteiger partial charge in [-0.1, -0.05) is 42.5 Å². The van der Waals surface area contributed by atoms with Gasteiger partial charge >= 0.3 is 6.09 Å². The first kappa shape index (κ1) is 22.3. The van der Waals surface area contributed by atoms with Gasteiger partial charge in [0.05, 0.1) is 32.3 Å². The molecule has 1 saturated heterocycles. The molecule has 1 saturated carbocycles. The van der Waals surface area contributed by atoms with Crippen LogP contribution in [0.3, 0.4) is 0 Å². The van der Waals surface area contributed by atoms with Crippen molar-refractivity contribution >= 4 is 11.9 Å². The molecule has 1 amide bonds. The van der Waals surface area contributed by atoms with Crippen LogP contribution in [0.2, 0.25) is 0 Å². The van der Waals surface area contributed by atoms with Crippen molar-refractivity contribution in [2.24, 2.45) is 5.41 Å². The smallest absolute Gasteiger partial charge is 0.410 e. The van der Waals surface area contributed by atoms with E-state index in [-0.39, 0.29) is 11.9 Å². The van der Waals surface area contributed by atoms with Crippen LogP contribution in [-0.2, 0) is 27.4 Å². The maximum absolute atomic E-state index is 12.8. The van der Waals surface area contributed by atoms with Crippen LogP contribution in [-0.4, -0.2) is 42.6 Å². The molecule has 4 rings (SSSR count). The van der Waals surface area contributed by atoms with Gasteiger partial charge in [-0.2, -0.15) is 0 Å². The Morgan fingerprint density at radius 2 is 1.81 bits per heavy atom. The van der Waals surface area contributed by atoms with Gasteiger partial charge in [0.15, 0.2) is 0 Å². The fraction of sp³-hybridized carbons (Fsp3) is 0.462. The Morgan fingerprint density at radius 3 is 2.50 bits per heavy atom. The first-order valence-electron chi connectivity index (χ1n) is 11.2. The third kappa shape index (κ3) is 4.80. The second-order valence-electron chi connectivity index (χ2n) is 9.10. The van der Waals surface area contributed by atoms with Crippen molar-refractivity contribution in [2.75, 3.05) is 20.3 Å². The zero-order valence-corrected chi connectivity index (χ0v) is 18.8. The van der Waals surface area contributed by atoms with Crippen molar-refractivity contribution in [1.82, 2.24) is 4.90 Å². The first-order valence-corrected chi connectivity index (χ1v) is 11.2. The summed E-state index contributed by atoms with van der Waals surface area (Å²) in [6, 6.07) is 17.6. The van der Waals surface area contributed by atoms with Crippen LogP contribution in [0.25, 0.3) is 0 Å². The number of rotatable bonds is 8. The van der Waals surface area contributed by atoms with Crippen LogP contribution < -0.4 is 4.74 Å². The molecule has 2 aliphatic rings. The number of amides is 1. The van der Waals surface area contributed by atoms with Crippen molar-refractivity contribution in [3.8, 4) is 5.75 Å². The molecule has 0 radical (unpaired) electrons. The number of hydrogen-bond acceptors (Lipinski definition) is 5. The van der Waals surface area contributed by atoms with Gasteiger partial charge in [-0.25, -0.2) is 4.79 Å². The maximum Gasteiger partial charge on any atom is 0.410 e. The van der Waals surface area contributed by atoms with Crippen LogP contribution in [0.1, 0.15) is 43.7 Å². The van der Waals surface area contributed by atoms with Gasteiger partial charge in [0.1, 0.15) is 17.1 Å². The quantitative estimate of drug-likeness (QED) is 0.596. The minimum Gasteiger partial charge on any atom is -0.497 e. The standard InChI is InChI=1S/C26H31NO5/c1-20(28)25(19-31-16-22-7-4-3-5-8-22)13-6-14-26(17-25)18-27(24(29)32-26)15-21-9-11-23(30-2)12-10-21/h3-5,7-12H,6,13-19H2,1-2H3/t25-,26?/m0/s1. The summed E-state index contributed by atoms with van der Waals surface area (Å²) in [6.45, 7) is 3.41. The van der Waals surface area contributed by atoms with Crippen LogP contribution in [0.4, 0.5) is 4.79 Å². The zero-order chi connectivity index (χ0) is 22.6. The summed E-state index contributed by atoms with van der Waals surface area (Å²) in [5, 5.41) is 0. The van der Waals surface area contributed by atoms with E-state index >= 15 is 0 Å². The monoisotopic (exact) mass is 437 g/mol. The van der Waals surface area contributed by atoms with Crippen LogP contribution >= 0.6 is 0 Å². The fourth-order valence-electron chi connectivity index (χ4n) is 4.99. The normalized spacial score (nSPS) is 25.1. The Labute approximate surface area is 189 Å². The van der Waals surface area contributed by atoms with E-state index in [0.29, 0.717) is 32.7 Å². The average molecular weight is 438 g/mol. The lowest BCUT2D eigenvalue weighted by atomic mass is 9.66. The highest BCUT2D eigenvalue weighted by Crippen LogP contribution is 2.47. The predicted octanol–water partition coefficient (Wildman–Crippen LogP) is 4.75. The number of ether oxygens (including phenoxy) is 3. The number of ketones is 1. The summed E-state index contributed by atoms with van der Waals surface area (Å²) < 4.78 is 17.2. The second-order valence-corrected chi connectivity index (χ2v) is 9.10. The van der Waals surface area contributed by atoms with Crippen LogP contribution in [0.5, 0.6) is 5.75 Å². The van der Waals surface area contributed by atoms with Crippen molar-refractivity contribution in [3.05, 3.63) is 65.7 Å². The summed E-state index contributed by atoms with van der Waals surface area (Å²) >= 11 is 0. The van der Waals surface area contributed by atoms with E-state index in [0.717, 1.165) is 36.1 Å². The molecule has 0 aromatic heterocycles. The average Bonchev–Trinajstić information content (AvgIpc) is 3.08. The molecule has 32 heavy (non-hydrogen) atoms. The van der Waals surface area contributed by atoms with E-state index in [1.165, 1.54) is 0 Å². The molecule has 1 spiro atoms. The molecule has 2 aromatic rings. The number of carbonyl (C=O) groups is 2. The predicted molar refractivity (Wildman–Crippen MR) is 120 cm³/mol. The SMILES string of the molecule is COc1ccc(CN2CC3(CCC[C@](COCc4ccccc4)(C(C)=O)C3)OC2=O)cc1. The summed E-state index contributed by atoms with van der Waals surface area (Å²) in [7, 11) is 1.63. The van der Waals surface area contributed by atoms with Gasteiger partial charge in [-0.15, -0.1) is 0 Å². The van der Waals surface area contributed by atoms with Gasteiger partial charge < -0.3 is 14.2 Å². The Kier molecular flexibility index (Phi) is 6.51. The molecule has 2 fully saturated rings. The first-order chi connectivity index (χ1) is 15.4. The number of hydrogen-bond donors (Lipinski definition) is 0. The minimum absolute atomic E-state index is 0.106. The fourth-order valence-corrected chi connectivity index (χ4v) is 4.99. The van der Waals surface area contributed by atoms with E-state index in [1.54, 1.807) is 18.9 Å². The molecule has 2 atom stereocenters. The summed E-state index contributed by atoms with van der Waals surface area (Å²) in [6.07, 6.45) is 2.55. The van der Waals surface area contributed by atoms with E-state index in [9.17, 15) is 9.59 Å².